The zero-order valence-corrected chi connectivity index (χ0v) is 28.0. The zero-order chi connectivity index (χ0) is 30.8. The minimum Gasteiger partial charge on any atom is -0.300 e. The predicted octanol–water partition coefficient (Wildman–Crippen LogP) is 4.50. The van der Waals surface area contributed by atoms with Crippen molar-refractivity contribution in [1.29, 1.82) is 0 Å². The molecule has 216 valence electrons. The summed E-state index contributed by atoms with van der Waals surface area (Å²) in [5.74, 6) is -1.11. The summed E-state index contributed by atoms with van der Waals surface area (Å²) >= 11 is 9.08. The van der Waals surface area contributed by atoms with Crippen molar-refractivity contribution in [3.63, 3.8) is 0 Å². The summed E-state index contributed by atoms with van der Waals surface area (Å²) in [5, 5.41) is 0. The van der Waals surface area contributed by atoms with Gasteiger partial charge in [-0.15, -0.1) is 0 Å². The highest BCUT2D eigenvalue weighted by Crippen LogP contribution is 2.30. The lowest BCUT2D eigenvalue weighted by Gasteiger charge is -2.18. The minimum absolute atomic E-state index is 0.0324. The molecule has 3 aliphatic heterocycles. The van der Waals surface area contributed by atoms with Crippen molar-refractivity contribution in [3.05, 3.63) is 31.7 Å². The van der Waals surface area contributed by atoms with Gasteiger partial charge in [0, 0.05) is 49.2 Å². The number of hydrogen-bond acceptors (Lipinski definition) is 7. The van der Waals surface area contributed by atoms with Crippen molar-refractivity contribution in [1.82, 2.24) is 14.7 Å². The van der Waals surface area contributed by atoms with E-state index in [0.717, 1.165) is 0 Å². The fourth-order valence-electron chi connectivity index (χ4n) is 3.08. The Bertz CT molecular complexity index is 1060. The number of nitrogens with zero attached hydrogens (tertiary/aromatic N) is 3. The van der Waals surface area contributed by atoms with Crippen LogP contribution >= 0.6 is 47.8 Å². The maximum absolute atomic E-state index is 11.3. The normalized spacial score (nSPS) is 16.7. The van der Waals surface area contributed by atoms with Gasteiger partial charge in [-0.2, -0.15) is 0 Å². The molecule has 0 N–H and O–H groups in total. The first kappa shape index (κ1) is 36.8. The van der Waals surface area contributed by atoms with Gasteiger partial charge in [0.05, 0.1) is 4.48 Å². The zero-order valence-electron chi connectivity index (χ0n) is 23.2. The first-order valence-electron chi connectivity index (χ1n) is 12.2. The maximum atomic E-state index is 11.3. The molecule has 10 nitrogen and oxygen atoms in total. The molecule has 0 aromatic heterocycles. The molecule has 0 fully saturated rings. The van der Waals surface area contributed by atoms with E-state index in [1.165, 1.54) is 32.9 Å². The van der Waals surface area contributed by atoms with Crippen molar-refractivity contribution in [3.8, 4) is 0 Å². The first-order chi connectivity index (χ1) is 17.9. The van der Waals surface area contributed by atoms with Crippen LogP contribution in [0.1, 0.15) is 68.2 Å². The third kappa shape index (κ3) is 10.3. The van der Waals surface area contributed by atoms with Crippen LogP contribution in [0.25, 0.3) is 0 Å². The van der Waals surface area contributed by atoms with Crippen LogP contribution in [-0.4, -0.2) is 74.1 Å². The van der Waals surface area contributed by atoms with Crippen LogP contribution < -0.4 is 0 Å². The molecule has 0 saturated carbocycles. The van der Waals surface area contributed by atoms with Gasteiger partial charge in [-0.1, -0.05) is 13.8 Å². The third-order valence-electron chi connectivity index (χ3n) is 5.10. The number of imide groups is 3. The van der Waals surface area contributed by atoms with Gasteiger partial charge in [0.2, 0.25) is 0 Å². The van der Waals surface area contributed by atoms with Gasteiger partial charge in [-0.25, -0.2) is 0 Å². The number of carbonyl (C=O) groups excluding carboxylic acids is 7. The van der Waals surface area contributed by atoms with Gasteiger partial charge in [0.1, 0.15) is 14.7 Å². The molecule has 0 unspecified atom stereocenters. The second kappa shape index (κ2) is 16.8. The Hall–Kier alpha value is -2.25. The Morgan fingerprint density at radius 2 is 0.974 bits per heavy atom. The Morgan fingerprint density at radius 1 is 0.615 bits per heavy atom. The largest absolute Gasteiger partial charge is 0.300 e. The fourth-order valence-corrected chi connectivity index (χ4v) is 4.18. The molecule has 0 atom stereocenters. The lowest BCUT2D eigenvalue weighted by molar-refractivity contribution is -0.140. The molecule has 0 spiro atoms. The lowest BCUT2D eigenvalue weighted by atomic mass is 10.3. The molecular formula is C26H34Br3N3O7. The Balaban J connectivity index is 0.000000507. The summed E-state index contributed by atoms with van der Waals surface area (Å²) in [5.41, 5.74) is 0. The van der Waals surface area contributed by atoms with Crippen LogP contribution in [-0.2, 0) is 33.6 Å². The van der Waals surface area contributed by atoms with Gasteiger partial charge >= 0.3 is 0 Å². The number of ketones is 1. The van der Waals surface area contributed by atoms with E-state index in [1.54, 1.807) is 27.7 Å². The average Bonchev–Trinajstić information content (AvgIpc) is 3.40. The van der Waals surface area contributed by atoms with Crippen LogP contribution in [0, 0.1) is 0 Å². The molecule has 0 aromatic carbocycles. The van der Waals surface area contributed by atoms with Crippen molar-refractivity contribution < 1.29 is 33.6 Å². The summed E-state index contributed by atoms with van der Waals surface area (Å²) < 4.78 is 0.957. The number of halogens is 3. The van der Waals surface area contributed by atoms with Gasteiger partial charge in [-0.3, -0.25) is 48.3 Å². The Labute approximate surface area is 254 Å². The summed E-state index contributed by atoms with van der Waals surface area (Å²) in [4.78, 5) is 80.4. The van der Waals surface area contributed by atoms with E-state index in [2.05, 4.69) is 47.8 Å². The second-order valence-electron chi connectivity index (χ2n) is 9.02. The van der Waals surface area contributed by atoms with Crippen molar-refractivity contribution in [2.45, 2.75) is 86.4 Å². The SMILES string of the molecule is CC(C)N1C(=O)C(Br)=C(Br)C1=O.CC(C)N1C(=O)C=C(Br)C1=O.CC(C)N1C(=O)C=CC1=O.CCC(=O)CC. The number of hydrogen-bond donors (Lipinski definition) is 0. The number of amides is 6. The highest BCUT2D eigenvalue weighted by atomic mass is 79.9. The van der Waals surface area contributed by atoms with Crippen LogP contribution in [0.15, 0.2) is 31.7 Å². The van der Waals surface area contributed by atoms with E-state index in [4.69, 9.17) is 0 Å². The van der Waals surface area contributed by atoms with Crippen molar-refractivity contribution >= 4 is 89.0 Å². The molecule has 39 heavy (non-hydrogen) atoms. The van der Waals surface area contributed by atoms with E-state index in [9.17, 15) is 33.6 Å². The predicted molar refractivity (Wildman–Crippen MR) is 158 cm³/mol. The van der Waals surface area contributed by atoms with Crippen LogP contribution in [0.2, 0.25) is 0 Å². The number of rotatable bonds is 5. The number of carbonyl (C=O) groups is 7. The molecule has 3 heterocycles. The van der Waals surface area contributed by atoms with Gasteiger partial charge in [0.15, 0.2) is 0 Å². The quantitative estimate of drug-likeness (QED) is 0.380. The van der Waals surface area contributed by atoms with Crippen LogP contribution in [0.3, 0.4) is 0 Å². The van der Waals surface area contributed by atoms with Crippen molar-refractivity contribution in [2.75, 3.05) is 0 Å². The summed E-state index contributed by atoms with van der Waals surface area (Å²) in [7, 11) is 0. The minimum atomic E-state index is -0.276. The summed E-state index contributed by atoms with van der Waals surface area (Å²) in [6.07, 6.45) is 5.26. The highest BCUT2D eigenvalue weighted by molar-refractivity contribution is 9.14. The molecule has 0 saturated heterocycles. The lowest BCUT2D eigenvalue weighted by Crippen LogP contribution is -2.37. The molecule has 0 aliphatic carbocycles. The Kier molecular flexibility index (Phi) is 15.8. The third-order valence-corrected chi connectivity index (χ3v) is 7.67. The fraction of sp³-hybridized carbons (Fsp3) is 0.500. The molecule has 6 amide bonds. The van der Waals surface area contributed by atoms with Gasteiger partial charge in [0.25, 0.3) is 35.4 Å². The highest BCUT2D eigenvalue weighted by Gasteiger charge is 2.37. The smallest absolute Gasteiger partial charge is 0.269 e. The molecule has 3 rings (SSSR count). The standard InChI is InChI=1S/C7H7Br2NO2.C7H8BrNO2.C7H9NO2.C5H10O/c1-3(2)10-6(11)4(8)5(9)7(10)12;1-4(2)9-6(10)3-5(8)7(9)11;1-5(2)8-6(9)3-4-7(8)10;1-3-5(6)4-2/h3H,1-2H3;3-4H,1-2H3;3-5H,1-2H3;3-4H2,1-2H3. The van der Waals surface area contributed by atoms with E-state index < -0.39 is 0 Å². The molecular weight excluding hydrogens is 706 g/mol. The van der Waals surface area contributed by atoms with E-state index in [1.807, 2.05) is 27.7 Å². The van der Waals surface area contributed by atoms with E-state index in [-0.39, 0.29) is 53.6 Å². The molecule has 0 aromatic rings. The summed E-state index contributed by atoms with van der Waals surface area (Å²) in [6.45, 7) is 14.6. The van der Waals surface area contributed by atoms with E-state index >= 15 is 0 Å². The topological polar surface area (TPSA) is 129 Å². The van der Waals surface area contributed by atoms with E-state index in [0.29, 0.717) is 32.1 Å². The molecule has 0 bridgehead atoms. The summed E-state index contributed by atoms with van der Waals surface area (Å²) in [6, 6.07) is -0.205. The van der Waals surface area contributed by atoms with Gasteiger partial charge < -0.3 is 0 Å². The van der Waals surface area contributed by atoms with Crippen molar-refractivity contribution in [2.24, 2.45) is 0 Å². The Morgan fingerprint density at radius 3 is 1.13 bits per heavy atom. The van der Waals surface area contributed by atoms with Crippen LogP contribution in [0.4, 0.5) is 0 Å². The molecule has 0 radical (unpaired) electrons. The van der Waals surface area contributed by atoms with Crippen LogP contribution in [0.5, 0.6) is 0 Å². The molecule has 3 aliphatic rings. The average molecular weight is 740 g/mol. The maximum Gasteiger partial charge on any atom is 0.269 e. The molecule has 13 heteroatoms. The monoisotopic (exact) mass is 737 g/mol. The number of Topliss-reactive ketones (excluding diaryl/α,β-unsaturated/α-hetero) is 1. The van der Waals surface area contributed by atoms with Gasteiger partial charge in [-0.05, 0) is 89.3 Å². The second-order valence-corrected chi connectivity index (χ2v) is 11.5. The first-order valence-corrected chi connectivity index (χ1v) is 14.6.